The molecule has 0 aliphatic carbocycles. The van der Waals surface area contributed by atoms with E-state index in [0.29, 0.717) is 31.2 Å². The van der Waals surface area contributed by atoms with Crippen molar-refractivity contribution < 1.29 is 24.1 Å². The van der Waals surface area contributed by atoms with Crippen molar-refractivity contribution in [3.8, 4) is 17.2 Å². The Balaban J connectivity index is 1.94. The lowest BCUT2D eigenvalue weighted by molar-refractivity contribution is -0.143. The van der Waals surface area contributed by atoms with Crippen LogP contribution in [0.25, 0.3) is 6.08 Å². The first-order valence-corrected chi connectivity index (χ1v) is 12.3. The molecule has 0 bridgehead atoms. The lowest BCUT2D eigenvalue weighted by Crippen LogP contribution is -2.40. The van der Waals surface area contributed by atoms with Gasteiger partial charge in [-0.1, -0.05) is 35.1 Å². The van der Waals surface area contributed by atoms with Crippen LogP contribution in [-0.4, -0.2) is 36.0 Å². The molecule has 1 aliphatic rings. The van der Waals surface area contributed by atoms with Crippen LogP contribution in [0.3, 0.4) is 0 Å². The number of aromatic nitrogens is 1. The van der Waals surface area contributed by atoms with Gasteiger partial charge in [-0.2, -0.15) is 0 Å². The lowest BCUT2D eigenvalue weighted by Gasteiger charge is -2.25. The number of phenolic OH excluding ortho intramolecular Hbond substituents is 1. The highest BCUT2D eigenvalue weighted by atomic mass is 35.5. The van der Waals surface area contributed by atoms with Gasteiger partial charge in [0, 0.05) is 5.02 Å². The minimum atomic E-state index is -0.740. The molecule has 0 amide bonds. The van der Waals surface area contributed by atoms with Gasteiger partial charge in [-0.15, -0.1) is 0 Å². The summed E-state index contributed by atoms with van der Waals surface area (Å²) in [5.41, 5.74) is 1.72. The molecule has 2 heterocycles. The zero-order valence-corrected chi connectivity index (χ0v) is 21.9. The molecule has 0 fully saturated rings. The molecule has 1 N–H and O–H groups in total. The summed E-state index contributed by atoms with van der Waals surface area (Å²) in [6.07, 6.45) is 1.33. The molecule has 0 spiro atoms. The van der Waals surface area contributed by atoms with Crippen molar-refractivity contribution in [2.45, 2.75) is 32.9 Å². The Morgan fingerprint density at radius 1 is 1.17 bits per heavy atom. The topological polar surface area (TPSA) is 99.4 Å². The molecule has 3 aromatic rings. The van der Waals surface area contributed by atoms with E-state index in [-0.39, 0.29) is 34.5 Å². The van der Waals surface area contributed by atoms with Crippen LogP contribution >= 0.6 is 22.9 Å². The smallest absolute Gasteiger partial charge is 0.338 e. The number of hydrogen-bond acceptors (Lipinski definition) is 8. The van der Waals surface area contributed by atoms with Crippen LogP contribution in [0.5, 0.6) is 17.2 Å². The van der Waals surface area contributed by atoms with Crippen LogP contribution in [0.2, 0.25) is 5.02 Å². The number of carbonyl (C=O) groups is 1. The molecular formula is C26H25ClN2O6S. The van der Waals surface area contributed by atoms with Crippen molar-refractivity contribution in [3.63, 3.8) is 0 Å². The third-order valence-corrected chi connectivity index (χ3v) is 6.80. The van der Waals surface area contributed by atoms with Crippen molar-refractivity contribution in [2.24, 2.45) is 4.99 Å². The Bertz CT molecular complexity index is 1510. The predicted octanol–water partition coefficient (Wildman–Crippen LogP) is 3.56. The van der Waals surface area contributed by atoms with E-state index in [1.807, 2.05) is 0 Å². The Hall–Kier alpha value is -3.56. The summed E-state index contributed by atoms with van der Waals surface area (Å²) in [6.45, 7) is 5.26. The molecule has 0 saturated carbocycles. The van der Waals surface area contributed by atoms with E-state index in [1.54, 1.807) is 63.2 Å². The fourth-order valence-corrected chi connectivity index (χ4v) is 5.14. The second kappa shape index (κ2) is 10.2. The fourth-order valence-electron chi connectivity index (χ4n) is 3.97. The molecule has 0 unspecified atom stereocenters. The van der Waals surface area contributed by atoms with E-state index in [2.05, 4.69) is 4.99 Å². The molecule has 2 aromatic carbocycles. The Kier molecular flexibility index (Phi) is 7.23. The maximum Gasteiger partial charge on any atom is 0.338 e. The monoisotopic (exact) mass is 528 g/mol. The highest BCUT2D eigenvalue weighted by molar-refractivity contribution is 7.07. The number of aromatic hydroxyl groups is 1. The number of benzene rings is 2. The molecule has 1 aromatic heterocycles. The molecule has 188 valence electrons. The number of phenols is 1. The standard InChI is InChI=1S/C26H25ClN2O6S/c1-13(2)35-25(32)21-14(3)28-26-29(22(21)16-6-8-17(27)9-7-16)24(31)20(36-26)12-15-10-18(33-4)23(30)19(11-15)34-5/h6-13,22,30H,1-5H3/b20-12+/t22-/m1/s1. The third-order valence-electron chi connectivity index (χ3n) is 5.57. The summed E-state index contributed by atoms with van der Waals surface area (Å²) in [5, 5.41) is 10.8. The van der Waals surface area contributed by atoms with Crippen LogP contribution in [0, 0.1) is 0 Å². The van der Waals surface area contributed by atoms with Gasteiger partial charge in [-0.25, -0.2) is 9.79 Å². The number of hydrogen-bond donors (Lipinski definition) is 1. The van der Waals surface area contributed by atoms with Crippen molar-refractivity contribution >= 4 is 35.0 Å². The van der Waals surface area contributed by atoms with Crippen LogP contribution in [-0.2, 0) is 9.53 Å². The van der Waals surface area contributed by atoms with E-state index < -0.39 is 12.0 Å². The molecule has 10 heteroatoms. The first-order valence-electron chi connectivity index (χ1n) is 11.1. The molecule has 4 rings (SSSR count). The first kappa shape index (κ1) is 25.5. The number of halogens is 1. The van der Waals surface area contributed by atoms with Crippen LogP contribution in [0.15, 0.2) is 57.5 Å². The van der Waals surface area contributed by atoms with Gasteiger partial charge in [0.25, 0.3) is 5.56 Å². The normalized spacial score (nSPS) is 15.5. The number of methoxy groups -OCH3 is 2. The summed E-state index contributed by atoms with van der Waals surface area (Å²) in [4.78, 5) is 31.9. The number of allylic oxidation sites excluding steroid dienone is 1. The lowest BCUT2D eigenvalue weighted by atomic mass is 9.96. The van der Waals surface area contributed by atoms with Crippen molar-refractivity contribution in [2.75, 3.05) is 14.2 Å². The predicted molar refractivity (Wildman–Crippen MR) is 138 cm³/mol. The highest BCUT2D eigenvalue weighted by Gasteiger charge is 2.33. The zero-order chi connectivity index (χ0) is 26.1. The van der Waals surface area contributed by atoms with E-state index in [0.717, 1.165) is 0 Å². The van der Waals surface area contributed by atoms with Crippen LogP contribution in [0.4, 0.5) is 0 Å². The number of nitrogens with zero attached hydrogens (tertiary/aromatic N) is 2. The number of ether oxygens (including phenoxy) is 3. The molecule has 0 radical (unpaired) electrons. The van der Waals surface area contributed by atoms with Crippen LogP contribution in [0.1, 0.15) is 37.9 Å². The van der Waals surface area contributed by atoms with Gasteiger partial charge in [0.1, 0.15) is 0 Å². The first-order chi connectivity index (χ1) is 17.1. The summed E-state index contributed by atoms with van der Waals surface area (Å²) >= 11 is 7.29. The fraction of sp³-hybridized carbons (Fsp3) is 0.269. The van der Waals surface area contributed by atoms with Gasteiger partial charge < -0.3 is 19.3 Å². The van der Waals surface area contributed by atoms with E-state index >= 15 is 0 Å². The number of carbonyl (C=O) groups excluding carboxylic acids is 1. The quantitative estimate of drug-likeness (QED) is 0.491. The second-order valence-corrected chi connectivity index (χ2v) is 9.81. The second-order valence-electron chi connectivity index (χ2n) is 8.36. The number of thiazole rings is 1. The minimum absolute atomic E-state index is 0.134. The Morgan fingerprint density at radius 2 is 1.78 bits per heavy atom. The van der Waals surface area contributed by atoms with Gasteiger partial charge in [-0.3, -0.25) is 9.36 Å². The van der Waals surface area contributed by atoms with Gasteiger partial charge in [-0.05, 0) is 62.2 Å². The average Bonchev–Trinajstić information content (AvgIpc) is 3.13. The van der Waals surface area contributed by atoms with Gasteiger partial charge in [0.2, 0.25) is 5.75 Å². The Labute approximate surface area is 216 Å². The third kappa shape index (κ3) is 4.76. The average molecular weight is 529 g/mol. The molecule has 0 saturated heterocycles. The number of esters is 1. The highest BCUT2D eigenvalue weighted by Crippen LogP contribution is 2.37. The summed E-state index contributed by atoms with van der Waals surface area (Å²) in [7, 11) is 2.86. The molecule has 1 aliphatic heterocycles. The van der Waals surface area contributed by atoms with Gasteiger partial charge >= 0.3 is 5.97 Å². The zero-order valence-electron chi connectivity index (χ0n) is 20.4. The molecule has 1 atom stereocenters. The van der Waals surface area contributed by atoms with Crippen molar-refractivity contribution in [3.05, 3.63) is 83.5 Å². The van der Waals surface area contributed by atoms with E-state index in [9.17, 15) is 14.7 Å². The van der Waals surface area contributed by atoms with Crippen molar-refractivity contribution in [1.82, 2.24) is 4.57 Å². The Morgan fingerprint density at radius 3 is 2.33 bits per heavy atom. The van der Waals surface area contributed by atoms with E-state index in [4.69, 9.17) is 25.8 Å². The SMILES string of the molecule is COc1cc(/C=c2/sc3n(c2=O)[C@H](c2ccc(Cl)cc2)C(C(=O)OC(C)C)=C(C)N=3)cc(OC)c1O. The summed E-state index contributed by atoms with van der Waals surface area (Å²) in [5.74, 6) is -0.247. The number of fused-ring (bicyclic) bond motifs is 1. The molecule has 36 heavy (non-hydrogen) atoms. The summed E-state index contributed by atoms with van der Waals surface area (Å²) < 4.78 is 17.8. The van der Waals surface area contributed by atoms with E-state index in [1.165, 1.54) is 30.1 Å². The minimum Gasteiger partial charge on any atom is -0.502 e. The summed E-state index contributed by atoms with van der Waals surface area (Å²) in [6, 6.07) is 9.44. The maximum absolute atomic E-state index is 13.7. The number of rotatable bonds is 6. The van der Waals surface area contributed by atoms with Crippen molar-refractivity contribution in [1.29, 1.82) is 0 Å². The van der Waals surface area contributed by atoms with Gasteiger partial charge in [0.05, 0.1) is 42.2 Å². The largest absolute Gasteiger partial charge is 0.502 e. The van der Waals surface area contributed by atoms with Gasteiger partial charge in [0.15, 0.2) is 16.3 Å². The molecular weight excluding hydrogens is 504 g/mol. The van der Waals surface area contributed by atoms with Crippen LogP contribution < -0.4 is 24.4 Å². The maximum atomic E-state index is 13.7. The molecule has 8 nitrogen and oxygen atoms in total.